The Labute approximate surface area is 147 Å². The van der Waals surface area contributed by atoms with Gasteiger partial charge in [0.25, 0.3) is 5.91 Å². The highest BCUT2D eigenvalue weighted by molar-refractivity contribution is 6.02. The second kappa shape index (κ2) is 6.64. The fraction of sp³-hybridized carbons (Fsp3) is 0. The molecule has 1 amide bonds. The fourth-order valence-electron chi connectivity index (χ4n) is 2.50. The second-order valence-corrected chi connectivity index (χ2v) is 5.45. The molecule has 0 aliphatic carbocycles. The van der Waals surface area contributed by atoms with Gasteiger partial charge in [-0.2, -0.15) is 5.10 Å². The molecule has 4 aromatic rings. The van der Waals surface area contributed by atoms with Crippen molar-refractivity contribution in [2.24, 2.45) is 0 Å². The van der Waals surface area contributed by atoms with Crippen molar-refractivity contribution in [3.63, 3.8) is 0 Å². The van der Waals surface area contributed by atoms with Gasteiger partial charge in [-0.1, -0.05) is 6.07 Å². The van der Waals surface area contributed by atoms with Gasteiger partial charge in [-0.25, -0.2) is 14.1 Å². The van der Waals surface area contributed by atoms with Crippen LogP contribution in [0.4, 0.5) is 10.3 Å². The maximum atomic E-state index is 13.3. The van der Waals surface area contributed by atoms with Crippen LogP contribution in [0.25, 0.3) is 17.1 Å². The van der Waals surface area contributed by atoms with Gasteiger partial charge in [0.1, 0.15) is 5.82 Å². The Hall–Kier alpha value is -3.74. The highest BCUT2D eigenvalue weighted by Gasteiger charge is 2.18. The van der Waals surface area contributed by atoms with Crippen molar-refractivity contribution in [3.05, 3.63) is 84.6 Å². The normalized spacial score (nSPS) is 10.7. The molecular weight excluding hydrogens is 335 g/mol. The highest BCUT2D eigenvalue weighted by Crippen LogP contribution is 2.24. The largest absolute Gasteiger partial charge is 0.449 e. The first-order valence-electron chi connectivity index (χ1n) is 7.83. The number of carbonyl (C=O) groups excluding carboxylic acids is 1. The molecule has 0 fully saturated rings. The average Bonchev–Trinajstić information content (AvgIpc) is 3.33. The quantitative estimate of drug-likeness (QED) is 0.607. The molecule has 0 aliphatic rings. The number of furan rings is 1. The van der Waals surface area contributed by atoms with Gasteiger partial charge in [0.2, 0.25) is 0 Å². The summed E-state index contributed by atoms with van der Waals surface area (Å²) in [6.07, 6.45) is 3.10. The molecule has 128 valence electrons. The van der Waals surface area contributed by atoms with E-state index in [0.717, 1.165) is 0 Å². The van der Waals surface area contributed by atoms with Crippen LogP contribution in [0.3, 0.4) is 0 Å². The topological polar surface area (TPSA) is 73.0 Å². The minimum atomic E-state index is -0.419. The summed E-state index contributed by atoms with van der Waals surface area (Å²) in [5, 5.41) is 7.00. The molecule has 4 rings (SSSR count). The molecule has 26 heavy (non-hydrogen) atoms. The van der Waals surface area contributed by atoms with Crippen LogP contribution in [0.5, 0.6) is 0 Å². The van der Waals surface area contributed by atoms with Crippen molar-refractivity contribution in [2.45, 2.75) is 0 Å². The van der Waals surface area contributed by atoms with E-state index in [1.54, 1.807) is 53.3 Å². The van der Waals surface area contributed by atoms with E-state index >= 15 is 0 Å². The van der Waals surface area contributed by atoms with Crippen LogP contribution in [0.15, 0.2) is 77.5 Å². The minimum Gasteiger partial charge on any atom is -0.449 e. The summed E-state index contributed by atoms with van der Waals surface area (Å²) >= 11 is 0. The Balaban J connectivity index is 1.77. The van der Waals surface area contributed by atoms with Crippen molar-refractivity contribution in [3.8, 4) is 17.1 Å². The predicted molar refractivity (Wildman–Crippen MR) is 93.4 cm³/mol. The minimum absolute atomic E-state index is 0.186. The van der Waals surface area contributed by atoms with Gasteiger partial charge < -0.3 is 4.42 Å². The number of aromatic nitrogens is 3. The maximum absolute atomic E-state index is 13.3. The standard InChI is InChI=1S/C19H13FN4O2/c20-14-8-6-13(7-9-14)16-12-15(19(25)22-18-5-3-11-26-18)23-24(16)17-4-1-2-10-21-17/h1-12H,(H,22,25). The number of hydrogen-bond acceptors (Lipinski definition) is 4. The van der Waals surface area contributed by atoms with Crippen molar-refractivity contribution in [2.75, 3.05) is 5.32 Å². The van der Waals surface area contributed by atoms with Gasteiger partial charge in [-0.05, 0) is 48.5 Å². The number of rotatable bonds is 4. The summed E-state index contributed by atoms with van der Waals surface area (Å²) in [4.78, 5) is 16.7. The van der Waals surface area contributed by atoms with E-state index < -0.39 is 5.91 Å². The average molecular weight is 348 g/mol. The summed E-state index contributed by atoms with van der Waals surface area (Å²) < 4.78 is 19.9. The number of nitrogens with zero attached hydrogens (tertiary/aromatic N) is 3. The van der Waals surface area contributed by atoms with Crippen LogP contribution < -0.4 is 5.32 Å². The third-order valence-corrected chi connectivity index (χ3v) is 3.71. The van der Waals surface area contributed by atoms with Gasteiger partial charge in [0.05, 0.1) is 12.0 Å². The number of anilines is 1. The van der Waals surface area contributed by atoms with Crippen molar-refractivity contribution >= 4 is 11.8 Å². The van der Waals surface area contributed by atoms with E-state index in [-0.39, 0.29) is 11.5 Å². The summed E-state index contributed by atoms with van der Waals surface area (Å²) in [7, 11) is 0. The molecule has 1 aromatic carbocycles. The van der Waals surface area contributed by atoms with Crippen molar-refractivity contribution in [1.82, 2.24) is 14.8 Å². The Morgan fingerprint density at radius 3 is 2.62 bits per heavy atom. The molecule has 0 spiro atoms. The van der Waals surface area contributed by atoms with E-state index in [1.807, 2.05) is 6.07 Å². The van der Waals surface area contributed by atoms with Gasteiger partial charge >= 0.3 is 0 Å². The molecule has 0 radical (unpaired) electrons. The molecule has 0 saturated heterocycles. The summed E-state index contributed by atoms with van der Waals surface area (Å²) in [6, 6.07) is 16.3. The van der Waals surface area contributed by atoms with Gasteiger partial charge in [0.15, 0.2) is 17.4 Å². The number of carbonyl (C=O) groups is 1. The lowest BCUT2D eigenvalue weighted by molar-refractivity contribution is 0.101. The van der Waals surface area contributed by atoms with Crippen LogP contribution in [0.2, 0.25) is 0 Å². The zero-order chi connectivity index (χ0) is 17.9. The molecule has 0 atom stereocenters. The predicted octanol–water partition coefficient (Wildman–Crippen LogP) is 3.92. The van der Waals surface area contributed by atoms with Crippen molar-refractivity contribution < 1.29 is 13.6 Å². The van der Waals surface area contributed by atoms with E-state index in [2.05, 4.69) is 15.4 Å². The molecule has 6 nitrogen and oxygen atoms in total. The number of nitrogens with one attached hydrogen (secondary N) is 1. The third-order valence-electron chi connectivity index (χ3n) is 3.71. The number of hydrogen-bond donors (Lipinski definition) is 1. The molecule has 7 heteroatoms. The molecule has 3 heterocycles. The lowest BCUT2D eigenvalue weighted by Gasteiger charge is -2.06. The van der Waals surface area contributed by atoms with Gasteiger partial charge in [-0.3, -0.25) is 10.1 Å². The Morgan fingerprint density at radius 2 is 1.92 bits per heavy atom. The fourth-order valence-corrected chi connectivity index (χ4v) is 2.50. The number of halogens is 1. The second-order valence-electron chi connectivity index (χ2n) is 5.45. The highest BCUT2D eigenvalue weighted by atomic mass is 19.1. The Bertz CT molecular complexity index is 1030. The van der Waals surface area contributed by atoms with Gasteiger partial charge in [-0.15, -0.1) is 0 Å². The number of amides is 1. The molecule has 0 aliphatic heterocycles. The van der Waals surface area contributed by atoms with E-state index in [1.165, 1.54) is 18.4 Å². The van der Waals surface area contributed by atoms with Gasteiger partial charge in [0, 0.05) is 17.8 Å². The first-order chi connectivity index (χ1) is 12.7. The molecule has 3 aromatic heterocycles. The SMILES string of the molecule is O=C(Nc1ccco1)c1cc(-c2ccc(F)cc2)n(-c2ccccn2)n1. The molecule has 1 N–H and O–H groups in total. The van der Waals surface area contributed by atoms with Crippen LogP contribution in [-0.2, 0) is 0 Å². The third kappa shape index (κ3) is 3.10. The van der Waals surface area contributed by atoms with Crippen LogP contribution >= 0.6 is 0 Å². The van der Waals surface area contributed by atoms with E-state index in [4.69, 9.17) is 4.42 Å². The summed E-state index contributed by atoms with van der Waals surface area (Å²) in [5.41, 5.74) is 1.52. The molecule has 0 unspecified atom stereocenters. The maximum Gasteiger partial charge on any atom is 0.278 e. The zero-order valence-corrected chi connectivity index (χ0v) is 13.5. The number of benzene rings is 1. The van der Waals surface area contributed by atoms with Crippen molar-refractivity contribution in [1.29, 1.82) is 0 Å². The first kappa shape index (κ1) is 15.8. The molecule has 0 bridgehead atoms. The zero-order valence-electron chi connectivity index (χ0n) is 13.5. The van der Waals surface area contributed by atoms with Crippen LogP contribution in [-0.4, -0.2) is 20.7 Å². The van der Waals surface area contributed by atoms with E-state index in [9.17, 15) is 9.18 Å². The monoisotopic (exact) mass is 348 g/mol. The smallest absolute Gasteiger partial charge is 0.278 e. The Kier molecular flexibility index (Phi) is 4.03. The van der Waals surface area contributed by atoms with Crippen LogP contribution in [0.1, 0.15) is 10.5 Å². The lowest BCUT2D eigenvalue weighted by atomic mass is 10.1. The lowest BCUT2D eigenvalue weighted by Crippen LogP contribution is -2.12. The van der Waals surface area contributed by atoms with E-state index in [0.29, 0.717) is 23.0 Å². The number of pyridine rings is 1. The molecular formula is C19H13FN4O2. The summed E-state index contributed by atoms with van der Waals surface area (Å²) in [6.45, 7) is 0. The Morgan fingerprint density at radius 1 is 1.08 bits per heavy atom. The first-order valence-corrected chi connectivity index (χ1v) is 7.83. The van der Waals surface area contributed by atoms with Crippen LogP contribution in [0, 0.1) is 5.82 Å². The molecule has 0 saturated carbocycles. The summed E-state index contributed by atoms with van der Waals surface area (Å²) in [5.74, 6) is 0.112.